The van der Waals surface area contributed by atoms with Crippen LogP contribution in [0.4, 0.5) is 5.69 Å². The van der Waals surface area contributed by atoms with Crippen molar-refractivity contribution in [1.82, 2.24) is 9.88 Å². The van der Waals surface area contributed by atoms with Crippen LogP contribution in [0, 0.1) is 0 Å². The first-order chi connectivity index (χ1) is 13.2. The Bertz CT molecular complexity index is 804. The van der Waals surface area contributed by atoms with Gasteiger partial charge >= 0.3 is 0 Å². The maximum Gasteiger partial charge on any atom is 0.246 e. The highest BCUT2D eigenvalue weighted by Crippen LogP contribution is 2.37. The zero-order chi connectivity index (χ0) is 18.7. The topological polar surface area (TPSA) is 62.7 Å². The fraction of sp³-hybridized carbons (Fsp3) is 0.381. The average Bonchev–Trinajstić information content (AvgIpc) is 2.75. The highest BCUT2D eigenvalue weighted by atomic mass is 16.5. The number of rotatable bonds is 3. The van der Waals surface area contributed by atoms with Gasteiger partial charge in [0.2, 0.25) is 11.8 Å². The molecule has 6 nitrogen and oxygen atoms in total. The number of benzene rings is 1. The van der Waals surface area contributed by atoms with E-state index < -0.39 is 5.41 Å². The standard InChI is InChI=1S/C21H23N3O3/c25-19-16-23(11-12-24(19)18-7-4-10-22-15-18)20(26)21(8-13-27-14-9-21)17-5-2-1-3-6-17/h1-7,10,15H,8-9,11-14,16H2. The summed E-state index contributed by atoms with van der Waals surface area (Å²) in [6, 6.07) is 13.6. The van der Waals surface area contributed by atoms with Gasteiger partial charge in [0.1, 0.15) is 6.54 Å². The molecule has 6 heteroatoms. The van der Waals surface area contributed by atoms with Crippen LogP contribution >= 0.6 is 0 Å². The maximum atomic E-state index is 13.6. The van der Waals surface area contributed by atoms with E-state index in [1.807, 2.05) is 42.5 Å². The zero-order valence-electron chi connectivity index (χ0n) is 15.2. The normalized spacial score (nSPS) is 19.8. The van der Waals surface area contributed by atoms with E-state index in [4.69, 9.17) is 4.74 Å². The van der Waals surface area contributed by atoms with Crippen molar-refractivity contribution in [3.8, 4) is 0 Å². The fourth-order valence-electron chi connectivity index (χ4n) is 4.04. The molecule has 2 amide bonds. The minimum Gasteiger partial charge on any atom is -0.381 e. The van der Waals surface area contributed by atoms with Gasteiger partial charge in [0.05, 0.1) is 17.3 Å². The number of nitrogens with zero attached hydrogens (tertiary/aromatic N) is 3. The van der Waals surface area contributed by atoms with Crippen LogP contribution in [0.2, 0.25) is 0 Å². The molecule has 2 aromatic rings. The minimum atomic E-state index is -0.601. The van der Waals surface area contributed by atoms with Crippen LogP contribution in [0.15, 0.2) is 54.9 Å². The van der Waals surface area contributed by atoms with E-state index in [-0.39, 0.29) is 18.4 Å². The van der Waals surface area contributed by atoms with Crippen molar-refractivity contribution in [3.05, 3.63) is 60.4 Å². The van der Waals surface area contributed by atoms with Gasteiger partial charge in [-0.15, -0.1) is 0 Å². The smallest absolute Gasteiger partial charge is 0.246 e. The van der Waals surface area contributed by atoms with Crippen molar-refractivity contribution >= 4 is 17.5 Å². The monoisotopic (exact) mass is 365 g/mol. The van der Waals surface area contributed by atoms with Gasteiger partial charge < -0.3 is 14.5 Å². The summed E-state index contributed by atoms with van der Waals surface area (Å²) < 4.78 is 5.53. The zero-order valence-corrected chi connectivity index (χ0v) is 15.2. The Morgan fingerprint density at radius 1 is 1.04 bits per heavy atom. The SMILES string of the molecule is O=C1CN(C(=O)C2(c3ccccc3)CCOCC2)CCN1c1cccnc1. The highest BCUT2D eigenvalue weighted by Gasteiger charge is 2.45. The third kappa shape index (κ3) is 3.32. The molecule has 27 heavy (non-hydrogen) atoms. The molecule has 0 aliphatic carbocycles. The molecule has 0 atom stereocenters. The van der Waals surface area contributed by atoms with Gasteiger partial charge in [0.15, 0.2) is 0 Å². The summed E-state index contributed by atoms with van der Waals surface area (Å²) in [6.07, 6.45) is 4.65. The summed E-state index contributed by atoms with van der Waals surface area (Å²) in [4.78, 5) is 33.8. The summed E-state index contributed by atoms with van der Waals surface area (Å²) >= 11 is 0. The number of anilines is 1. The van der Waals surface area contributed by atoms with Crippen LogP contribution < -0.4 is 4.90 Å². The van der Waals surface area contributed by atoms with Gasteiger partial charge in [-0.25, -0.2) is 0 Å². The molecule has 0 unspecified atom stereocenters. The molecular formula is C21H23N3O3. The van der Waals surface area contributed by atoms with E-state index in [2.05, 4.69) is 4.98 Å². The third-order valence-corrected chi connectivity index (χ3v) is 5.55. The van der Waals surface area contributed by atoms with Gasteiger partial charge in [0, 0.05) is 32.5 Å². The minimum absolute atomic E-state index is 0.0381. The lowest BCUT2D eigenvalue weighted by atomic mass is 9.73. The van der Waals surface area contributed by atoms with Crippen LogP contribution in [0.5, 0.6) is 0 Å². The molecule has 2 aliphatic rings. The molecule has 140 valence electrons. The van der Waals surface area contributed by atoms with Crippen LogP contribution in [-0.4, -0.2) is 54.5 Å². The van der Waals surface area contributed by atoms with Crippen molar-refractivity contribution in [3.63, 3.8) is 0 Å². The molecule has 1 aromatic carbocycles. The summed E-state index contributed by atoms with van der Waals surface area (Å²) in [7, 11) is 0. The van der Waals surface area contributed by atoms with Crippen molar-refractivity contribution in [2.24, 2.45) is 0 Å². The van der Waals surface area contributed by atoms with Gasteiger partial charge in [0.25, 0.3) is 0 Å². The summed E-state index contributed by atoms with van der Waals surface area (Å²) in [5, 5.41) is 0. The fourth-order valence-corrected chi connectivity index (χ4v) is 4.04. The largest absolute Gasteiger partial charge is 0.381 e. The molecule has 0 spiro atoms. The van der Waals surface area contributed by atoms with E-state index in [0.29, 0.717) is 39.1 Å². The van der Waals surface area contributed by atoms with E-state index in [1.54, 1.807) is 22.2 Å². The quantitative estimate of drug-likeness (QED) is 0.835. The maximum absolute atomic E-state index is 13.6. The van der Waals surface area contributed by atoms with Gasteiger partial charge in [-0.1, -0.05) is 30.3 Å². The molecule has 4 rings (SSSR count). The summed E-state index contributed by atoms with van der Waals surface area (Å²) in [5.41, 5.74) is 1.19. The Kier molecular flexibility index (Phi) is 4.90. The number of amides is 2. The first-order valence-corrected chi connectivity index (χ1v) is 9.34. The van der Waals surface area contributed by atoms with E-state index in [1.165, 1.54) is 0 Å². The Hall–Kier alpha value is -2.73. The number of pyridine rings is 1. The molecule has 2 fully saturated rings. The second kappa shape index (κ2) is 7.48. The van der Waals surface area contributed by atoms with Crippen LogP contribution in [0.25, 0.3) is 0 Å². The Balaban J connectivity index is 1.56. The molecule has 0 saturated carbocycles. The van der Waals surface area contributed by atoms with Crippen molar-refractivity contribution in [2.45, 2.75) is 18.3 Å². The Labute approximate surface area is 158 Å². The molecule has 3 heterocycles. The summed E-state index contributed by atoms with van der Waals surface area (Å²) in [6.45, 7) is 2.23. The number of ether oxygens (including phenoxy) is 1. The number of carbonyl (C=O) groups is 2. The summed E-state index contributed by atoms with van der Waals surface area (Å²) in [5.74, 6) is -0.0333. The van der Waals surface area contributed by atoms with E-state index >= 15 is 0 Å². The van der Waals surface area contributed by atoms with Crippen LogP contribution in [0.3, 0.4) is 0 Å². The Morgan fingerprint density at radius 2 is 1.81 bits per heavy atom. The average molecular weight is 365 g/mol. The lowest BCUT2D eigenvalue weighted by Crippen LogP contribution is -2.58. The predicted octanol–water partition coefficient (Wildman–Crippen LogP) is 2.01. The lowest BCUT2D eigenvalue weighted by Gasteiger charge is -2.42. The third-order valence-electron chi connectivity index (χ3n) is 5.55. The molecular weight excluding hydrogens is 342 g/mol. The molecule has 0 radical (unpaired) electrons. The molecule has 2 saturated heterocycles. The van der Waals surface area contributed by atoms with E-state index in [9.17, 15) is 9.59 Å². The first-order valence-electron chi connectivity index (χ1n) is 9.34. The van der Waals surface area contributed by atoms with Gasteiger partial charge in [-0.05, 0) is 30.5 Å². The number of hydrogen-bond acceptors (Lipinski definition) is 4. The molecule has 2 aliphatic heterocycles. The second-order valence-electron chi connectivity index (χ2n) is 7.04. The van der Waals surface area contributed by atoms with Crippen LogP contribution in [-0.2, 0) is 19.7 Å². The molecule has 0 N–H and O–H groups in total. The van der Waals surface area contributed by atoms with Gasteiger partial charge in [-0.2, -0.15) is 0 Å². The predicted molar refractivity (Wildman–Crippen MR) is 101 cm³/mol. The lowest BCUT2D eigenvalue weighted by molar-refractivity contribution is -0.145. The van der Waals surface area contributed by atoms with Gasteiger partial charge in [-0.3, -0.25) is 14.6 Å². The van der Waals surface area contributed by atoms with Crippen molar-refractivity contribution in [2.75, 3.05) is 37.7 Å². The Morgan fingerprint density at radius 3 is 2.48 bits per heavy atom. The number of hydrogen-bond donors (Lipinski definition) is 0. The van der Waals surface area contributed by atoms with Crippen molar-refractivity contribution in [1.29, 1.82) is 0 Å². The number of aromatic nitrogens is 1. The highest BCUT2D eigenvalue weighted by molar-refractivity contribution is 5.99. The van der Waals surface area contributed by atoms with E-state index in [0.717, 1.165) is 11.3 Å². The molecule has 1 aromatic heterocycles. The second-order valence-corrected chi connectivity index (χ2v) is 7.04. The molecule has 0 bridgehead atoms. The first kappa shape index (κ1) is 17.7. The number of carbonyl (C=O) groups excluding carboxylic acids is 2. The van der Waals surface area contributed by atoms with Crippen molar-refractivity contribution < 1.29 is 14.3 Å². The number of piperazine rings is 1. The van der Waals surface area contributed by atoms with Crippen LogP contribution in [0.1, 0.15) is 18.4 Å².